The Kier molecular flexibility index (Phi) is 6.48. The van der Waals surface area contributed by atoms with Gasteiger partial charge in [0.05, 0.1) is 4.90 Å². The third-order valence-corrected chi connectivity index (χ3v) is 7.01. The zero-order valence-corrected chi connectivity index (χ0v) is 18.1. The van der Waals surface area contributed by atoms with Gasteiger partial charge in [-0.05, 0) is 41.5 Å². The first-order valence-electron chi connectivity index (χ1n) is 10.4. The fourth-order valence-electron chi connectivity index (χ4n) is 3.79. The molecule has 2 aromatic carbocycles. The van der Waals surface area contributed by atoms with Crippen molar-refractivity contribution < 1.29 is 13.2 Å². The summed E-state index contributed by atoms with van der Waals surface area (Å²) in [6.45, 7) is 3.14. The second-order valence-electron chi connectivity index (χ2n) is 7.58. The van der Waals surface area contributed by atoms with E-state index in [9.17, 15) is 13.2 Å². The van der Waals surface area contributed by atoms with Gasteiger partial charge in [-0.1, -0.05) is 30.3 Å². The summed E-state index contributed by atoms with van der Waals surface area (Å²) in [6, 6.07) is 16.7. The highest BCUT2D eigenvalue weighted by Crippen LogP contribution is 2.19. The number of pyridine rings is 1. The van der Waals surface area contributed by atoms with Crippen molar-refractivity contribution in [3.8, 4) is 0 Å². The van der Waals surface area contributed by atoms with Crippen molar-refractivity contribution in [2.75, 3.05) is 37.6 Å². The molecule has 0 saturated carbocycles. The third kappa shape index (κ3) is 5.21. The zero-order valence-electron chi connectivity index (χ0n) is 17.3. The Morgan fingerprint density at radius 2 is 1.65 bits per heavy atom. The maximum Gasteiger partial charge on any atom is 0.240 e. The normalized spacial score (nSPS) is 14.7. The monoisotopic (exact) mass is 438 g/mol. The van der Waals surface area contributed by atoms with Crippen molar-refractivity contribution in [3.63, 3.8) is 0 Å². The summed E-state index contributed by atoms with van der Waals surface area (Å²) in [5.74, 6) is 0.0688. The highest BCUT2D eigenvalue weighted by molar-refractivity contribution is 7.89. The van der Waals surface area contributed by atoms with E-state index in [1.165, 1.54) is 0 Å². The van der Waals surface area contributed by atoms with Crippen LogP contribution < -0.4 is 9.62 Å². The number of nitrogens with one attached hydrogen (secondary N) is 1. The molecule has 0 radical (unpaired) electrons. The van der Waals surface area contributed by atoms with Gasteiger partial charge in [-0.25, -0.2) is 13.1 Å². The van der Waals surface area contributed by atoms with Crippen LogP contribution in [0.3, 0.4) is 0 Å². The van der Waals surface area contributed by atoms with Crippen molar-refractivity contribution in [1.29, 1.82) is 0 Å². The quantitative estimate of drug-likeness (QED) is 0.574. The SMILES string of the molecule is O=C(CCCNS(=O)(=O)c1ccc2ccccc2c1)N1CCN(c2ccncc2)CC1. The van der Waals surface area contributed by atoms with Crippen LogP contribution in [0.15, 0.2) is 71.9 Å². The molecule has 1 aromatic heterocycles. The minimum atomic E-state index is -3.60. The lowest BCUT2D eigenvalue weighted by atomic mass is 10.1. The Morgan fingerprint density at radius 1 is 0.935 bits per heavy atom. The fraction of sp³-hybridized carbons (Fsp3) is 0.304. The average molecular weight is 439 g/mol. The van der Waals surface area contributed by atoms with Crippen LogP contribution in [0.5, 0.6) is 0 Å². The number of hydrogen-bond donors (Lipinski definition) is 1. The van der Waals surface area contributed by atoms with Crippen LogP contribution >= 0.6 is 0 Å². The van der Waals surface area contributed by atoms with E-state index in [0.29, 0.717) is 25.9 Å². The molecule has 0 unspecified atom stereocenters. The second kappa shape index (κ2) is 9.45. The number of amides is 1. The van der Waals surface area contributed by atoms with Crippen LogP contribution in [0.25, 0.3) is 10.8 Å². The molecule has 1 amide bonds. The van der Waals surface area contributed by atoms with Gasteiger partial charge < -0.3 is 9.80 Å². The number of sulfonamides is 1. The summed E-state index contributed by atoms with van der Waals surface area (Å²) in [4.78, 5) is 20.9. The lowest BCUT2D eigenvalue weighted by Gasteiger charge is -2.36. The minimum Gasteiger partial charge on any atom is -0.368 e. The first kappa shape index (κ1) is 21.3. The van der Waals surface area contributed by atoms with Crippen molar-refractivity contribution in [3.05, 3.63) is 67.0 Å². The lowest BCUT2D eigenvalue weighted by Crippen LogP contribution is -2.48. The molecule has 8 heteroatoms. The molecule has 4 rings (SSSR count). The van der Waals surface area contributed by atoms with E-state index in [1.807, 2.05) is 41.3 Å². The number of rotatable bonds is 7. The summed E-state index contributed by atoms with van der Waals surface area (Å²) in [7, 11) is -3.60. The Morgan fingerprint density at radius 3 is 2.39 bits per heavy atom. The van der Waals surface area contributed by atoms with Crippen LogP contribution in [0.2, 0.25) is 0 Å². The fourth-order valence-corrected chi connectivity index (χ4v) is 4.90. The van der Waals surface area contributed by atoms with Crippen molar-refractivity contribution in [1.82, 2.24) is 14.6 Å². The van der Waals surface area contributed by atoms with E-state index >= 15 is 0 Å². The van der Waals surface area contributed by atoms with Crippen molar-refractivity contribution >= 4 is 32.4 Å². The first-order chi connectivity index (χ1) is 15.0. The number of piperazine rings is 1. The molecule has 1 aliphatic heterocycles. The summed E-state index contributed by atoms with van der Waals surface area (Å²) in [6.07, 6.45) is 4.34. The van der Waals surface area contributed by atoms with E-state index in [0.717, 1.165) is 29.5 Å². The third-order valence-electron chi connectivity index (χ3n) is 5.55. The molecule has 31 heavy (non-hydrogen) atoms. The Labute approximate surface area is 182 Å². The van der Waals surface area contributed by atoms with E-state index in [4.69, 9.17) is 0 Å². The predicted octanol–water partition coefficient (Wildman–Crippen LogP) is 2.64. The lowest BCUT2D eigenvalue weighted by molar-refractivity contribution is -0.131. The van der Waals surface area contributed by atoms with Crippen LogP contribution in [-0.4, -0.2) is 56.9 Å². The number of fused-ring (bicyclic) bond motifs is 1. The van der Waals surface area contributed by atoms with E-state index in [-0.39, 0.29) is 17.3 Å². The maximum atomic E-state index is 12.6. The average Bonchev–Trinajstić information content (AvgIpc) is 2.82. The molecule has 7 nitrogen and oxygen atoms in total. The Hall–Kier alpha value is -2.97. The molecule has 1 N–H and O–H groups in total. The van der Waals surface area contributed by atoms with E-state index in [2.05, 4.69) is 14.6 Å². The largest absolute Gasteiger partial charge is 0.368 e. The molecule has 1 fully saturated rings. The second-order valence-corrected chi connectivity index (χ2v) is 9.35. The number of anilines is 1. The maximum absolute atomic E-state index is 12.6. The topological polar surface area (TPSA) is 82.6 Å². The summed E-state index contributed by atoms with van der Waals surface area (Å²) < 4.78 is 27.8. The molecule has 0 bridgehead atoms. The van der Waals surface area contributed by atoms with Gasteiger partial charge in [-0.15, -0.1) is 0 Å². The number of hydrogen-bond acceptors (Lipinski definition) is 5. The van der Waals surface area contributed by atoms with Gasteiger partial charge in [0, 0.05) is 57.2 Å². The molecule has 2 heterocycles. The van der Waals surface area contributed by atoms with Crippen molar-refractivity contribution in [2.45, 2.75) is 17.7 Å². The van der Waals surface area contributed by atoms with Crippen LogP contribution in [0.4, 0.5) is 5.69 Å². The highest BCUT2D eigenvalue weighted by Gasteiger charge is 2.21. The molecule has 0 spiro atoms. The summed E-state index contributed by atoms with van der Waals surface area (Å²) in [5.41, 5.74) is 1.12. The number of benzene rings is 2. The smallest absolute Gasteiger partial charge is 0.240 e. The first-order valence-corrected chi connectivity index (χ1v) is 11.9. The van der Waals surface area contributed by atoms with Gasteiger partial charge in [-0.3, -0.25) is 9.78 Å². The van der Waals surface area contributed by atoms with Gasteiger partial charge in [0.1, 0.15) is 0 Å². The molecular weight excluding hydrogens is 412 g/mol. The summed E-state index contributed by atoms with van der Waals surface area (Å²) in [5, 5.41) is 1.88. The molecule has 1 saturated heterocycles. The number of nitrogens with zero attached hydrogens (tertiary/aromatic N) is 3. The van der Waals surface area contributed by atoms with Gasteiger partial charge in [0.15, 0.2) is 0 Å². The van der Waals surface area contributed by atoms with Crippen LogP contribution in [0.1, 0.15) is 12.8 Å². The molecular formula is C23H26N4O3S. The minimum absolute atomic E-state index is 0.0688. The molecule has 0 aliphatic carbocycles. The predicted molar refractivity (Wildman–Crippen MR) is 121 cm³/mol. The zero-order chi connectivity index (χ0) is 21.7. The Bertz CT molecular complexity index is 1140. The molecule has 1 aliphatic rings. The van der Waals surface area contributed by atoms with E-state index in [1.54, 1.807) is 30.6 Å². The number of carbonyl (C=O) groups excluding carboxylic acids is 1. The Balaban J connectivity index is 1.23. The number of carbonyl (C=O) groups is 1. The molecule has 3 aromatic rings. The van der Waals surface area contributed by atoms with Crippen LogP contribution in [-0.2, 0) is 14.8 Å². The number of aromatic nitrogens is 1. The molecule has 162 valence electrons. The molecule has 0 atom stereocenters. The van der Waals surface area contributed by atoms with E-state index < -0.39 is 10.0 Å². The van der Waals surface area contributed by atoms with Gasteiger partial charge in [0.25, 0.3) is 0 Å². The van der Waals surface area contributed by atoms with Gasteiger partial charge >= 0.3 is 0 Å². The highest BCUT2D eigenvalue weighted by atomic mass is 32.2. The van der Waals surface area contributed by atoms with Crippen LogP contribution in [0, 0.1) is 0 Å². The van der Waals surface area contributed by atoms with Gasteiger partial charge in [0.2, 0.25) is 15.9 Å². The van der Waals surface area contributed by atoms with Gasteiger partial charge in [-0.2, -0.15) is 0 Å². The van der Waals surface area contributed by atoms with Crippen molar-refractivity contribution in [2.24, 2.45) is 0 Å². The summed E-state index contributed by atoms with van der Waals surface area (Å²) >= 11 is 0. The standard InChI is InChI=1S/C23H26N4O3S/c28-23(27-16-14-26(15-17-27)21-9-12-24-13-10-21)6-3-11-25-31(29,30)22-8-7-19-4-1-2-5-20(19)18-22/h1-2,4-5,7-10,12-13,18,25H,3,6,11,14-17H2.